The first kappa shape index (κ1) is 12.9. The Labute approximate surface area is 118 Å². The molecule has 0 aliphatic carbocycles. The molecule has 0 unspecified atom stereocenters. The van der Waals surface area contributed by atoms with Crippen molar-refractivity contribution >= 4 is 18.0 Å². The van der Waals surface area contributed by atoms with Crippen LogP contribution in [0, 0.1) is 5.82 Å². The van der Waals surface area contributed by atoms with Gasteiger partial charge in [-0.25, -0.2) is 14.8 Å². The first-order valence-electron chi connectivity index (χ1n) is 6.06. The molecule has 1 aliphatic rings. The summed E-state index contributed by atoms with van der Waals surface area (Å²) in [6.45, 7) is 0. The van der Waals surface area contributed by atoms with Crippen LogP contribution in [0.15, 0.2) is 45.9 Å². The van der Waals surface area contributed by atoms with Crippen molar-refractivity contribution in [3.63, 3.8) is 0 Å². The second kappa shape index (κ2) is 5.49. The summed E-state index contributed by atoms with van der Waals surface area (Å²) in [7, 11) is 0. The van der Waals surface area contributed by atoms with Gasteiger partial charge in [0.2, 0.25) is 0 Å². The van der Waals surface area contributed by atoms with E-state index in [1.807, 2.05) is 0 Å². The van der Waals surface area contributed by atoms with Gasteiger partial charge in [0.25, 0.3) is 5.96 Å². The zero-order chi connectivity index (χ0) is 14.7. The molecular formula is C12H11FN8. The maximum Gasteiger partial charge on any atom is 0.266 e. The van der Waals surface area contributed by atoms with E-state index in [1.54, 1.807) is 12.1 Å². The molecule has 1 aliphatic heterocycles. The van der Waals surface area contributed by atoms with Crippen molar-refractivity contribution in [2.45, 2.75) is 6.42 Å². The molecular weight excluding hydrogens is 275 g/mol. The molecule has 3 N–H and O–H groups in total. The molecule has 106 valence electrons. The average molecular weight is 286 g/mol. The fraction of sp³-hybridized carbons (Fsp3) is 0.0833. The Morgan fingerprint density at radius 1 is 1.38 bits per heavy atom. The van der Waals surface area contributed by atoms with E-state index in [4.69, 9.17) is 5.73 Å². The summed E-state index contributed by atoms with van der Waals surface area (Å²) in [5.41, 5.74) is 8.96. The Kier molecular flexibility index (Phi) is 3.37. The van der Waals surface area contributed by atoms with E-state index in [1.165, 1.54) is 29.4 Å². The first-order chi connectivity index (χ1) is 10.2. The number of nitrogens with one attached hydrogen (secondary N) is 1. The molecule has 2 heterocycles. The minimum absolute atomic E-state index is 0.260. The molecule has 0 atom stereocenters. The molecule has 0 saturated carbocycles. The van der Waals surface area contributed by atoms with E-state index < -0.39 is 0 Å². The van der Waals surface area contributed by atoms with Crippen molar-refractivity contribution in [1.29, 1.82) is 0 Å². The largest absolute Gasteiger partial charge is 0.385 e. The van der Waals surface area contributed by atoms with Crippen LogP contribution in [-0.2, 0) is 6.42 Å². The maximum atomic E-state index is 13.0. The van der Waals surface area contributed by atoms with Crippen LogP contribution in [-0.4, -0.2) is 32.8 Å². The van der Waals surface area contributed by atoms with Gasteiger partial charge in [0.15, 0.2) is 0 Å². The number of benzene rings is 1. The molecule has 0 radical (unpaired) electrons. The highest BCUT2D eigenvalue weighted by Crippen LogP contribution is 2.02. The second-order valence-electron chi connectivity index (χ2n) is 4.20. The van der Waals surface area contributed by atoms with E-state index in [2.05, 4.69) is 30.8 Å². The van der Waals surface area contributed by atoms with Crippen molar-refractivity contribution in [3.8, 4) is 0 Å². The summed E-state index contributed by atoms with van der Waals surface area (Å²) in [5.74, 6) is 0.855. The lowest BCUT2D eigenvalue weighted by Gasteiger charge is -2.03. The van der Waals surface area contributed by atoms with Crippen LogP contribution in [0.3, 0.4) is 0 Å². The van der Waals surface area contributed by atoms with E-state index in [-0.39, 0.29) is 11.8 Å². The second-order valence-corrected chi connectivity index (χ2v) is 4.20. The van der Waals surface area contributed by atoms with Crippen LogP contribution in [0.1, 0.15) is 11.4 Å². The third kappa shape index (κ3) is 2.91. The predicted molar refractivity (Wildman–Crippen MR) is 75.3 cm³/mol. The van der Waals surface area contributed by atoms with Crippen LogP contribution >= 0.6 is 0 Å². The van der Waals surface area contributed by atoms with Crippen molar-refractivity contribution in [2.24, 2.45) is 21.0 Å². The number of hydrogen-bond acceptors (Lipinski definition) is 7. The number of aromatic nitrogens is 3. The summed E-state index contributed by atoms with van der Waals surface area (Å²) in [4.78, 5) is 4.06. The van der Waals surface area contributed by atoms with Gasteiger partial charge in [0.05, 0.1) is 12.6 Å². The van der Waals surface area contributed by atoms with Crippen LogP contribution in [0.4, 0.5) is 4.39 Å². The Bertz CT molecular complexity index is 745. The maximum absolute atomic E-state index is 13.0. The topological polar surface area (TPSA) is 106 Å². The van der Waals surface area contributed by atoms with Gasteiger partial charge in [-0.1, -0.05) is 12.1 Å². The third-order valence-corrected chi connectivity index (χ3v) is 2.66. The predicted octanol–water partition coefficient (Wildman–Crippen LogP) is 0.0733. The number of rotatable bonds is 2. The van der Waals surface area contributed by atoms with Crippen molar-refractivity contribution in [3.05, 3.63) is 47.8 Å². The van der Waals surface area contributed by atoms with E-state index in [9.17, 15) is 4.39 Å². The number of fused-ring (bicyclic) bond motifs is 1. The molecule has 3 rings (SSSR count). The first-order valence-corrected chi connectivity index (χ1v) is 6.06. The summed E-state index contributed by atoms with van der Waals surface area (Å²) in [5, 5.41) is 15.7. The average Bonchev–Trinajstić information content (AvgIpc) is 2.85. The smallest absolute Gasteiger partial charge is 0.266 e. The van der Waals surface area contributed by atoms with Gasteiger partial charge in [-0.2, -0.15) is 14.9 Å². The van der Waals surface area contributed by atoms with E-state index in [0.29, 0.717) is 23.6 Å². The zero-order valence-corrected chi connectivity index (χ0v) is 10.8. The standard InChI is InChI=1S/C12H11FN8/c13-9-3-1-2-8(4-9)6-16-19-12-20-18-10(14)5-11-15-7-17-21(11)12/h1-4,6-7H,5H2,(H2,14,18)(H,19,20)/b16-6+. The number of hydrogen-bond donors (Lipinski definition) is 2. The van der Waals surface area contributed by atoms with E-state index in [0.717, 1.165) is 0 Å². The van der Waals surface area contributed by atoms with Gasteiger partial charge in [0, 0.05) is 0 Å². The highest BCUT2D eigenvalue weighted by atomic mass is 19.1. The molecule has 0 amide bonds. The highest BCUT2D eigenvalue weighted by molar-refractivity contribution is 5.89. The minimum atomic E-state index is -0.332. The molecule has 2 aromatic rings. The molecule has 9 heteroatoms. The zero-order valence-electron chi connectivity index (χ0n) is 10.8. The van der Waals surface area contributed by atoms with Crippen LogP contribution in [0.2, 0.25) is 0 Å². The molecule has 1 aromatic heterocycles. The Morgan fingerprint density at radius 3 is 3.14 bits per heavy atom. The fourth-order valence-electron chi connectivity index (χ4n) is 1.74. The monoisotopic (exact) mass is 286 g/mol. The Morgan fingerprint density at radius 2 is 2.29 bits per heavy atom. The third-order valence-electron chi connectivity index (χ3n) is 2.66. The van der Waals surface area contributed by atoms with Gasteiger partial charge >= 0.3 is 0 Å². The molecule has 0 spiro atoms. The summed E-state index contributed by atoms with van der Waals surface area (Å²) in [6, 6.07) is 6.04. The molecule has 0 saturated heterocycles. The van der Waals surface area contributed by atoms with Gasteiger partial charge < -0.3 is 5.73 Å². The van der Waals surface area contributed by atoms with Gasteiger partial charge in [-0.3, -0.25) is 0 Å². The molecule has 1 aromatic carbocycles. The Balaban J connectivity index is 1.79. The van der Waals surface area contributed by atoms with Gasteiger partial charge in [-0.15, -0.1) is 10.2 Å². The molecule has 0 bridgehead atoms. The van der Waals surface area contributed by atoms with Crippen LogP contribution < -0.4 is 11.2 Å². The number of halogens is 1. The van der Waals surface area contributed by atoms with Crippen LogP contribution in [0.25, 0.3) is 0 Å². The molecule has 8 nitrogen and oxygen atoms in total. The molecule has 21 heavy (non-hydrogen) atoms. The lowest BCUT2D eigenvalue weighted by Crippen LogP contribution is -2.28. The number of nitrogens with two attached hydrogens (primary N) is 1. The highest BCUT2D eigenvalue weighted by Gasteiger charge is 2.14. The number of amidine groups is 1. The number of hydrazone groups is 1. The quantitative estimate of drug-likeness (QED) is 0.602. The van der Waals surface area contributed by atoms with Crippen LogP contribution in [0.5, 0.6) is 0 Å². The van der Waals surface area contributed by atoms with Crippen molar-refractivity contribution < 1.29 is 4.39 Å². The molecule has 0 fully saturated rings. The van der Waals surface area contributed by atoms with Crippen molar-refractivity contribution in [2.75, 3.05) is 0 Å². The van der Waals surface area contributed by atoms with Gasteiger partial charge in [-0.05, 0) is 17.7 Å². The minimum Gasteiger partial charge on any atom is -0.385 e. The fourth-order valence-corrected chi connectivity index (χ4v) is 1.74. The summed E-state index contributed by atoms with van der Waals surface area (Å²) in [6.07, 6.45) is 3.20. The normalized spacial score (nSPS) is 14.3. The van der Waals surface area contributed by atoms with Gasteiger partial charge in [0.1, 0.15) is 23.8 Å². The summed E-state index contributed by atoms with van der Waals surface area (Å²) >= 11 is 0. The number of nitrogens with zero attached hydrogens (tertiary/aromatic N) is 6. The lowest BCUT2D eigenvalue weighted by molar-refractivity contribution is 0.627. The summed E-state index contributed by atoms with van der Waals surface area (Å²) < 4.78 is 14.5. The Hall–Kier alpha value is -3.10. The van der Waals surface area contributed by atoms with E-state index >= 15 is 0 Å². The lowest BCUT2D eigenvalue weighted by atomic mass is 10.2. The van der Waals surface area contributed by atoms with Crippen molar-refractivity contribution in [1.82, 2.24) is 20.2 Å². The SMILES string of the molecule is NC1=NN=C(N/N=C/c2cccc(F)c2)n2ncnc2C1.